The molecule has 0 saturated carbocycles. The number of hydrogen-bond acceptors (Lipinski definition) is 4. The second kappa shape index (κ2) is 9.34. The summed E-state index contributed by atoms with van der Waals surface area (Å²) in [6.45, 7) is 5.18. The predicted molar refractivity (Wildman–Crippen MR) is 105 cm³/mol. The average molecular weight is 388 g/mol. The van der Waals surface area contributed by atoms with Gasteiger partial charge in [-0.2, -0.15) is 4.31 Å². The molecule has 2 aromatic rings. The van der Waals surface area contributed by atoms with E-state index in [4.69, 9.17) is 4.74 Å². The van der Waals surface area contributed by atoms with Crippen LogP contribution in [0.4, 0.5) is 0 Å². The molecule has 0 aliphatic carbocycles. The Morgan fingerprint density at radius 3 is 2.37 bits per heavy atom. The van der Waals surface area contributed by atoms with E-state index in [-0.39, 0.29) is 29.9 Å². The molecule has 7 heteroatoms. The first-order valence-electron chi connectivity index (χ1n) is 8.48. The minimum atomic E-state index is -3.84. The van der Waals surface area contributed by atoms with Crippen LogP contribution in [0.5, 0.6) is 5.75 Å². The molecule has 0 heterocycles. The first-order chi connectivity index (χ1) is 12.9. The number of ether oxygens (including phenoxy) is 1. The minimum Gasteiger partial charge on any atom is -0.497 e. The predicted octanol–water partition coefficient (Wildman–Crippen LogP) is 2.75. The Labute approximate surface area is 160 Å². The van der Waals surface area contributed by atoms with E-state index in [2.05, 4.69) is 11.9 Å². The fourth-order valence-electron chi connectivity index (χ4n) is 2.56. The Kier molecular flexibility index (Phi) is 7.15. The highest BCUT2D eigenvalue weighted by Gasteiger charge is 2.26. The number of carbonyl (C=O) groups is 1. The maximum absolute atomic E-state index is 12.9. The van der Waals surface area contributed by atoms with Crippen LogP contribution in [0.2, 0.25) is 0 Å². The standard InChI is InChI=1S/C20H24N2O4S/c1-4-14-22(27(24,25)19-12-10-18(26-3)11-13-19)15-20(23)21-16(2)17-8-6-5-7-9-17/h4-13,16H,1,14-15H2,2-3H3,(H,21,23). The van der Waals surface area contributed by atoms with Crippen molar-refractivity contribution < 1.29 is 17.9 Å². The van der Waals surface area contributed by atoms with Gasteiger partial charge in [0.1, 0.15) is 5.75 Å². The van der Waals surface area contributed by atoms with E-state index in [1.807, 2.05) is 37.3 Å². The molecule has 27 heavy (non-hydrogen) atoms. The van der Waals surface area contributed by atoms with Gasteiger partial charge in [-0.1, -0.05) is 36.4 Å². The molecule has 0 bridgehead atoms. The quantitative estimate of drug-likeness (QED) is 0.670. The second-order valence-corrected chi connectivity index (χ2v) is 7.90. The average Bonchev–Trinajstić information content (AvgIpc) is 2.68. The molecular weight excluding hydrogens is 364 g/mol. The van der Waals surface area contributed by atoms with Gasteiger partial charge in [-0.05, 0) is 36.8 Å². The number of hydrogen-bond donors (Lipinski definition) is 1. The lowest BCUT2D eigenvalue weighted by molar-refractivity contribution is -0.121. The van der Waals surface area contributed by atoms with Crippen molar-refractivity contribution in [1.29, 1.82) is 0 Å². The van der Waals surface area contributed by atoms with Crippen molar-refractivity contribution in [3.63, 3.8) is 0 Å². The molecule has 0 spiro atoms. The molecule has 2 aromatic carbocycles. The van der Waals surface area contributed by atoms with E-state index in [0.29, 0.717) is 5.75 Å². The fraction of sp³-hybridized carbons (Fsp3) is 0.250. The number of sulfonamides is 1. The largest absolute Gasteiger partial charge is 0.497 e. The summed E-state index contributed by atoms with van der Waals surface area (Å²) >= 11 is 0. The van der Waals surface area contributed by atoms with Gasteiger partial charge < -0.3 is 10.1 Å². The summed E-state index contributed by atoms with van der Waals surface area (Å²) in [5, 5.41) is 2.83. The number of rotatable bonds is 9. The summed E-state index contributed by atoms with van der Waals surface area (Å²) < 4.78 is 31.9. The minimum absolute atomic E-state index is 0.0293. The van der Waals surface area contributed by atoms with Crippen LogP contribution in [0, 0.1) is 0 Å². The van der Waals surface area contributed by atoms with Crippen LogP contribution in [0.3, 0.4) is 0 Å². The maximum atomic E-state index is 12.9. The van der Waals surface area contributed by atoms with Crippen LogP contribution in [0.1, 0.15) is 18.5 Å². The lowest BCUT2D eigenvalue weighted by Gasteiger charge is -2.22. The molecule has 0 fully saturated rings. The van der Waals surface area contributed by atoms with Crippen molar-refractivity contribution in [2.24, 2.45) is 0 Å². The summed E-state index contributed by atoms with van der Waals surface area (Å²) in [6, 6.07) is 15.3. The van der Waals surface area contributed by atoms with E-state index < -0.39 is 10.0 Å². The van der Waals surface area contributed by atoms with Crippen molar-refractivity contribution in [2.75, 3.05) is 20.2 Å². The molecule has 0 aliphatic heterocycles. The van der Waals surface area contributed by atoms with Gasteiger partial charge in [0.2, 0.25) is 15.9 Å². The monoisotopic (exact) mass is 388 g/mol. The topological polar surface area (TPSA) is 75.7 Å². The molecule has 1 amide bonds. The normalized spacial score (nSPS) is 12.4. The van der Waals surface area contributed by atoms with Crippen LogP contribution < -0.4 is 10.1 Å². The molecule has 6 nitrogen and oxygen atoms in total. The van der Waals surface area contributed by atoms with Crippen LogP contribution in [0.25, 0.3) is 0 Å². The van der Waals surface area contributed by atoms with Gasteiger partial charge in [-0.3, -0.25) is 4.79 Å². The molecule has 0 radical (unpaired) electrons. The summed E-state index contributed by atoms with van der Waals surface area (Å²) in [7, 11) is -2.33. The number of amides is 1. The van der Waals surface area contributed by atoms with E-state index >= 15 is 0 Å². The van der Waals surface area contributed by atoms with Gasteiger partial charge >= 0.3 is 0 Å². The molecule has 1 atom stereocenters. The van der Waals surface area contributed by atoms with Gasteiger partial charge in [0.05, 0.1) is 24.6 Å². The number of benzene rings is 2. The molecule has 0 aromatic heterocycles. The third-order valence-corrected chi connectivity index (χ3v) is 5.85. The van der Waals surface area contributed by atoms with E-state index in [9.17, 15) is 13.2 Å². The highest BCUT2D eigenvalue weighted by atomic mass is 32.2. The molecular formula is C20H24N2O4S. The fourth-order valence-corrected chi connectivity index (χ4v) is 3.93. The van der Waals surface area contributed by atoms with Gasteiger partial charge in [0.25, 0.3) is 0 Å². The second-order valence-electron chi connectivity index (χ2n) is 5.96. The van der Waals surface area contributed by atoms with E-state index in [1.54, 1.807) is 12.1 Å². The summed E-state index contributed by atoms with van der Waals surface area (Å²) in [5.74, 6) is 0.170. The zero-order valence-corrected chi connectivity index (χ0v) is 16.3. The summed E-state index contributed by atoms with van der Waals surface area (Å²) in [6.07, 6.45) is 1.45. The first-order valence-corrected chi connectivity index (χ1v) is 9.92. The van der Waals surface area contributed by atoms with Gasteiger partial charge in [-0.25, -0.2) is 8.42 Å². The van der Waals surface area contributed by atoms with Gasteiger partial charge in [0.15, 0.2) is 0 Å². The third kappa shape index (κ3) is 5.42. The Balaban J connectivity index is 2.13. The summed E-state index contributed by atoms with van der Waals surface area (Å²) in [5.41, 5.74) is 0.944. The van der Waals surface area contributed by atoms with Gasteiger partial charge in [-0.15, -0.1) is 6.58 Å². The first kappa shape index (κ1) is 20.7. The van der Waals surface area contributed by atoms with Crippen LogP contribution in [-0.2, 0) is 14.8 Å². The molecule has 2 rings (SSSR count). The number of methoxy groups -OCH3 is 1. The van der Waals surface area contributed by atoms with Gasteiger partial charge in [0, 0.05) is 6.54 Å². The van der Waals surface area contributed by atoms with Crippen molar-refractivity contribution in [3.05, 3.63) is 72.8 Å². The van der Waals surface area contributed by atoms with E-state index in [0.717, 1.165) is 9.87 Å². The van der Waals surface area contributed by atoms with Crippen molar-refractivity contribution >= 4 is 15.9 Å². The molecule has 144 valence electrons. The highest BCUT2D eigenvalue weighted by Crippen LogP contribution is 2.19. The van der Waals surface area contributed by atoms with Crippen LogP contribution in [0.15, 0.2) is 72.1 Å². The number of nitrogens with one attached hydrogen (secondary N) is 1. The van der Waals surface area contributed by atoms with Crippen molar-refractivity contribution in [1.82, 2.24) is 9.62 Å². The Hall–Kier alpha value is -2.64. The van der Waals surface area contributed by atoms with E-state index in [1.165, 1.54) is 25.3 Å². The lowest BCUT2D eigenvalue weighted by atomic mass is 10.1. The molecule has 0 aliphatic rings. The van der Waals surface area contributed by atoms with Crippen molar-refractivity contribution in [3.8, 4) is 5.75 Å². The molecule has 1 unspecified atom stereocenters. The number of nitrogens with zero attached hydrogens (tertiary/aromatic N) is 1. The van der Waals surface area contributed by atoms with Crippen LogP contribution in [-0.4, -0.2) is 38.8 Å². The number of carbonyl (C=O) groups excluding carboxylic acids is 1. The van der Waals surface area contributed by atoms with Crippen molar-refractivity contribution in [2.45, 2.75) is 17.9 Å². The zero-order valence-electron chi connectivity index (χ0n) is 15.5. The highest BCUT2D eigenvalue weighted by molar-refractivity contribution is 7.89. The Bertz CT molecular complexity index is 865. The van der Waals surface area contributed by atoms with Crippen LogP contribution >= 0.6 is 0 Å². The zero-order chi connectivity index (χ0) is 19.9. The smallest absolute Gasteiger partial charge is 0.243 e. The maximum Gasteiger partial charge on any atom is 0.243 e. The SMILES string of the molecule is C=CCN(CC(=O)NC(C)c1ccccc1)S(=O)(=O)c1ccc(OC)cc1. The third-order valence-electron chi connectivity index (χ3n) is 4.03. The lowest BCUT2D eigenvalue weighted by Crippen LogP contribution is -2.41. The molecule has 1 N–H and O–H groups in total. The summed E-state index contributed by atoms with van der Waals surface area (Å²) in [4.78, 5) is 12.5. The Morgan fingerprint density at radius 1 is 1.19 bits per heavy atom. The Morgan fingerprint density at radius 2 is 1.81 bits per heavy atom. The molecule has 0 saturated heterocycles.